The van der Waals surface area contributed by atoms with E-state index in [9.17, 15) is 17.6 Å². The second kappa shape index (κ2) is 6.94. The van der Waals surface area contributed by atoms with Crippen LogP contribution in [0.15, 0.2) is 28.7 Å². The summed E-state index contributed by atoms with van der Waals surface area (Å²) in [6.07, 6.45) is -3.72. The molecule has 0 amide bonds. The predicted octanol–water partition coefficient (Wildman–Crippen LogP) is 3.74. The average Bonchev–Trinajstić information content (AvgIpc) is 2.31. The molecule has 0 unspecified atom stereocenters. The van der Waals surface area contributed by atoms with Gasteiger partial charge in [0.05, 0.1) is 6.61 Å². The molecule has 0 N–H and O–H groups in total. The summed E-state index contributed by atoms with van der Waals surface area (Å²) >= 11 is 3.24. The lowest BCUT2D eigenvalue weighted by molar-refractivity contribution is -0.166. The van der Waals surface area contributed by atoms with Crippen LogP contribution in [0, 0.1) is 0 Å². The maximum absolute atomic E-state index is 12.4. The fourth-order valence-electron chi connectivity index (χ4n) is 1.02. The van der Waals surface area contributed by atoms with Crippen LogP contribution in [0.2, 0.25) is 0 Å². The zero-order valence-electron chi connectivity index (χ0n) is 9.21. The Bertz CT molecular complexity index is 357. The number of alkyl halides is 4. The minimum atomic E-state index is -4.11. The van der Waals surface area contributed by atoms with Gasteiger partial charge in [0.1, 0.15) is 19.0 Å². The van der Waals surface area contributed by atoms with E-state index in [0.29, 0.717) is 5.75 Å². The first-order valence-corrected chi connectivity index (χ1v) is 5.83. The zero-order valence-corrected chi connectivity index (χ0v) is 10.8. The Morgan fingerprint density at radius 1 is 1.11 bits per heavy atom. The predicted molar refractivity (Wildman–Crippen MR) is 61.4 cm³/mol. The Balaban J connectivity index is 2.18. The van der Waals surface area contributed by atoms with Gasteiger partial charge >= 0.3 is 12.3 Å². The van der Waals surface area contributed by atoms with E-state index in [1.54, 1.807) is 24.3 Å². The second-order valence-electron chi connectivity index (χ2n) is 3.42. The van der Waals surface area contributed by atoms with E-state index in [4.69, 9.17) is 4.74 Å². The minimum Gasteiger partial charge on any atom is -0.491 e. The summed E-state index contributed by atoms with van der Waals surface area (Å²) in [6, 6.07) is 6.86. The Morgan fingerprint density at radius 3 is 2.28 bits per heavy atom. The first kappa shape index (κ1) is 15.2. The molecule has 0 bridgehead atoms. The van der Waals surface area contributed by atoms with Crippen molar-refractivity contribution in [2.24, 2.45) is 0 Å². The number of hydrogen-bond donors (Lipinski definition) is 0. The molecule has 7 heteroatoms. The van der Waals surface area contributed by atoms with Crippen molar-refractivity contribution in [3.05, 3.63) is 28.7 Å². The molecule has 0 aliphatic heterocycles. The van der Waals surface area contributed by atoms with Gasteiger partial charge < -0.3 is 9.47 Å². The summed E-state index contributed by atoms with van der Waals surface area (Å²) < 4.78 is 58.8. The SMILES string of the molecule is FC(F)C(F)(F)COCCOc1ccc(Br)cc1. The highest BCUT2D eigenvalue weighted by atomic mass is 79.9. The molecule has 0 fully saturated rings. The topological polar surface area (TPSA) is 18.5 Å². The molecule has 0 aliphatic carbocycles. The molecule has 0 atom stereocenters. The molecule has 0 radical (unpaired) electrons. The van der Waals surface area contributed by atoms with Crippen LogP contribution in [0.4, 0.5) is 17.6 Å². The van der Waals surface area contributed by atoms with E-state index in [0.717, 1.165) is 4.47 Å². The Labute approximate surface area is 110 Å². The summed E-state index contributed by atoms with van der Waals surface area (Å²) in [5.74, 6) is -3.57. The maximum atomic E-state index is 12.4. The van der Waals surface area contributed by atoms with Crippen LogP contribution in [0.1, 0.15) is 0 Å². The van der Waals surface area contributed by atoms with E-state index in [1.165, 1.54) is 0 Å². The Hall–Kier alpha value is -0.820. The molecular formula is C11H11BrF4O2. The lowest BCUT2D eigenvalue weighted by Gasteiger charge is -2.15. The van der Waals surface area contributed by atoms with Crippen LogP contribution in [-0.2, 0) is 4.74 Å². The summed E-state index contributed by atoms with van der Waals surface area (Å²) in [4.78, 5) is 0. The third kappa shape index (κ3) is 5.22. The largest absolute Gasteiger partial charge is 0.491 e. The summed E-state index contributed by atoms with van der Waals surface area (Å²) in [5.41, 5.74) is 0. The standard InChI is InChI=1S/C11H11BrF4O2/c12-8-1-3-9(4-2-8)18-6-5-17-7-11(15,16)10(13)14/h1-4,10H,5-7H2. The first-order chi connectivity index (χ1) is 8.42. The number of rotatable bonds is 7. The van der Waals surface area contributed by atoms with Gasteiger partial charge in [-0.15, -0.1) is 0 Å². The quantitative estimate of drug-likeness (QED) is 0.560. The van der Waals surface area contributed by atoms with Gasteiger partial charge in [0, 0.05) is 4.47 Å². The molecule has 0 saturated heterocycles. The Kier molecular flexibility index (Phi) is 5.87. The van der Waals surface area contributed by atoms with Crippen LogP contribution in [-0.4, -0.2) is 32.2 Å². The maximum Gasteiger partial charge on any atom is 0.330 e. The molecule has 0 saturated carbocycles. The number of hydrogen-bond acceptors (Lipinski definition) is 2. The second-order valence-corrected chi connectivity index (χ2v) is 4.33. The highest BCUT2D eigenvalue weighted by Gasteiger charge is 2.40. The van der Waals surface area contributed by atoms with Crippen molar-refractivity contribution in [3.63, 3.8) is 0 Å². The van der Waals surface area contributed by atoms with Gasteiger partial charge in [-0.1, -0.05) is 15.9 Å². The van der Waals surface area contributed by atoms with Crippen molar-refractivity contribution in [2.45, 2.75) is 12.3 Å². The highest BCUT2D eigenvalue weighted by Crippen LogP contribution is 2.22. The van der Waals surface area contributed by atoms with E-state index in [1.807, 2.05) is 0 Å². The van der Waals surface area contributed by atoms with Crippen LogP contribution < -0.4 is 4.74 Å². The molecule has 0 heterocycles. The van der Waals surface area contributed by atoms with Crippen LogP contribution in [0.3, 0.4) is 0 Å². The number of halogens is 5. The highest BCUT2D eigenvalue weighted by molar-refractivity contribution is 9.10. The van der Waals surface area contributed by atoms with Gasteiger partial charge in [-0.05, 0) is 24.3 Å². The molecule has 18 heavy (non-hydrogen) atoms. The number of benzene rings is 1. The third-order valence-corrected chi connectivity index (χ3v) is 2.45. The van der Waals surface area contributed by atoms with Gasteiger partial charge in [0.2, 0.25) is 0 Å². The summed E-state index contributed by atoms with van der Waals surface area (Å²) in [5, 5.41) is 0. The third-order valence-electron chi connectivity index (χ3n) is 1.92. The smallest absolute Gasteiger partial charge is 0.330 e. The van der Waals surface area contributed by atoms with Crippen molar-refractivity contribution in [1.82, 2.24) is 0 Å². The summed E-state index contributed by atoms with van der Waals surface area (Å²) in [7, 11) is 0. The molecule has 1 aromatic rings. The van der Waals surface area contributed by atoms with Gasteiger partial charge in [-0.2, -0.15) is 8.78 Å². The molecule has 1 rings (SSSR count). The van der Waals surface area contributed by atoms with Crippen LogP contribution >= 0.6 is 15.9 Å². The fourth-order valence-corrected chi connectivity index (χ4v) is 1.28. The van der Waals surface area contributed by atoms with Crippen molar-refractivity contribution in [2.75, 3.05) is 19.8 Å². The van der Waals surface area contributed by atoms with Crippen LogP contribution in [0.5, 0.6) is 5.75 Å². The molecule has 1 aromatic carbocycles. The average molecular weight is 331 g/mol. The summed E-state index contributed by atoms with van der Waals surface area (Å²) in [6.45, 7) is -1.48. The monoisotopic (exact) mass is 330 g/mol. The van der Waals surface area contributed by atoms with Crippen molar-refractivity contribution < 1.29 is 27.0 Å². The molecule has 0 aromatic heterocycles. The molecule has 0 spiro atoms. The van der Waals surface area contributed by atoms with E-state index in [-0.39, 0.29) is 13.2 Å². The molecule has 102 valence electrons. The van der Waals surface area contributed by atoms with Gasteiger partial charge in [0.15, 0.2) is 0 Å². The zero-order chi connectivity index (χ0) is 13.6. The van der Waals surface area contributed by atoms with Gasteiger partial charge in [-0.3, -0.25) is 0 Å². The normalized spacial score (nSPS) is 11.9. The van der Waals surface area contributed by atoms with E-state index in [2.05, 4.69) is 20.7 Å². The van der Waals surface area contributed by atoms with Crippen molar-refractivity contribution >= 4 is 15.9 Å². The van der Waals surface area contributed by atoms with E-state index >= 15 is 0 Å². The van der Waals surface area contributed by atoms with Crippen molar-refractivity contribution in [3.8, 4) is 5.75 Å². The van der Waals surface area contributed by atoms with E-state index < -0.39 is 19.0 Å². The molecule has 2 nitrogen and oxygen atoms in total. The molecular weight excluding hydrogens is 320 g/mol. The Morgan fingerprint density at radius 2 is 1.72 bits per heavy atom. The van der Waals surface area contributed by atoms with Gasteiger partial charge in [-0.25, -0.2) is 8.78 Å². The first-order valence-electron chi connectivity index (χ1n) is 5.04. The van der Waals surface area contributed by atoms with Crippen LogP contribution in [0.25, 0.3) is 0 Å². The minimum absolute atomic E-state index is 0.0148. The lowest BCUT2D eigenvalue weighted by Crippen LogP contribution is -2.33. The van der Waals surface area contributed by atoms with Gasteiger partial charge in [0.25, 0.3) is 0 Å². The van der Waals surface area contributed by atoms with Crippen molar-refractivity contribution in [1.29, 1.82) is 0 Å². The lowest BCUT2D eigenvalue weighted by atomic mass is 10.3. The molecule has 0 aliphatic rings. The fraction of sp³-hybridized carbons (Fsp3) is 0.455. The number of ether oxygens (including phenoxy) is 2.